The molecule has 6 aliphatic rings. The Hall–Kier alpha value is -8.81. The van der Waals surface area contributed by atoms with E-state index < -0.39 is 0 Å². The van der Waals surface area contributed by atoms with E-state index in [-0.39, 0.29) is 20.1 Å². The number of anilines is 9. The van der Waals surface area contributed by atoms with Gasteiger partial charge in [-0.05, 0) is 116 Å². The number of benzene rings is 10. The van der Waals surface area contributed by atoms with Crippen LogP contribution in [0.5, 0.6) is 34.5 Å². The lowest BCUT2D eigenvalue weighted by Crippen LogP contribution is -2.67. The van der Waals surface area contributed by atoms with Crippen molar-refractivity contribution in [2.75, 3.05) is 14.7 Å². The molecular weight excluding hydrogens is 843 g/mol. The molecule has 69 heavy (non-hydrogen) atoms. The third-order valence-electron chi connectivity index (χ3n) is 15.2. The topological polar surface area (TPSA) is 37.4 Å². The zero-order valence-corrected chi connectivity index (χ0v) is 37.1. The average molecular weight is 879 g/mol. The van der Waals surface area contributed by atoms with Crippen LogP contribution in [0.2, 0.25) is 0 Å². The number of ether oxygens (including phenoxy) is 3. The first-order chi connectivity index (χ1) is 34.2. The number of hydrogen-bond donors (Lipinski definition) is 0. The Morgan fingerprint density at radius 2 is 0.768 bits per heavy atom. The standard InChI is InChI=1S/C60H36B3N3O3/c1-4-18-37(19-5-1)64(38-20-6-2-7-21-38)40-32-50-57-54(33-40)67-52-31-17-13-27-44(52)63(57)45-34-46-53(35-49(45)65(50)39-22-8-3-9-23-39)69-56-36-55-58-60-59(56)62(46)42-25-11-15-29-48(42)66(60)47-28-14-10-24-41(47)61(58)43-26-12-16-30-51(43)68-55/h1-36H. The van der Waals surface area contributed by atoms with Crippen LogP contribution in [0.4, 0.5) is 51.2 Å². The molecule has 0 N–H and O–H groups in total. The van der Waals surface area contributed by atoms with Crippen molar-refractivity contribution >= 4 is 120 Å². The summed E-state index contributed by atoms with van der Waals surface area (Å²) in [7, 11) is 0. The molecule has 318 valence electrons. The number of para-hydroxylation sites is 7. The van der Waals surface area contributed by atoms with E-state index in [9.17, 15) is 0 Å². The third kappa shape index (κ3) is 5.08. The molecule has 6 aliphatic heterocycles. The Morgan fingerprint density at radius 1 is 0.290 bits per heavy atom. The van der Waals surface area contributed by atoms with E-state index in [2.05, 4.69) is 233 Å². The van der Waals surface area contributed by atoms with Crippen molar-refractivity contribution in [3.63, 3.8) is 0 Å². The van der Waals surface area contributed by atoms with Crippen molar-refractivity contribution in [3.05, 3.63) is 218 Å². The summed E-state index contributed by atoms with van der Waals surface area (Å²) in [6.45, 7) is -0.235. The molecule has 9 heteroatoms. The second-order valence-corrected chi connectivity index (χ2v) is 18.7. The van der Waals surface area contributed by atoms with Gasteiger partial charge in [0.15, 0.2) is 0 Å². The van der Waals surface area contributed by atoms with Gasteiger partial charge in [-0.2, -0.15) is 0 Å². The Kier molecular flexibility index (Phi) is 7.50. The minimum atomic E-state index is -0.129. The van der Waals surface area contributed by atoms with E-state index in [1.807, 2.05) is 0 Å². The fourth-order valence-corrected chi connectivity index (χ4v) is 12.5. The van der Waals surface area contributed by atoms with Gasteiger partial charge in [0, 0.05) is 63.7 Å². The molecule has 6 heterocycles. The molecule has 0 unspecified atom stereocenters. The first kappa shape index (κ1) is 37.3. The number of fused-ring (bicyclic) bond motifs is 14. The number of nitrogens with zero attached hydrogens (tertiary/aromatic N) is 3. The summed E-state index contributed by atoms with van der Waals surface area (Å²) >= 11 is 0. The van der Waals surface area contributed by atoms with Crippen molar-refractivity contribution in [2.24, 2.45) is 0 Å². The maximum Gasteiger partial charge on any atom is 0.256 e. The van der Waals surface area contributed by atoms with Crippen LogP contribution >= 0.6 is 0 Å². The lowest BCUT2D eigenvalue weighted by molar-refractivity contribution is 0.466. The maximum absolute atomic E-state index is 7.41. The molecule has 0 radical (unpaired) electrons. The van der Waals surface area contributed by atoms with Crippen LogP contribution in [0.25, 0.3) is 0 Å². The van der Waals surface area contributed by atoms with Crippen molar-refractivity contribution < 1.29 is 14.2 Å². The van der Waals surface area contributed by atoms with Crippen LogP contribution in [0, 0.1) is 0 Å². The Labute approximate surface area is 400 Å². The highest BCUT2D eigenvalue weighted by Crippen LogP contribution is 2.49. The maximum atomic E-state index is 7.41. The van der Waals surface area contributed by atoms with Crippen molar-refractivity contribution in [3.8, 4) is 34.5 Å². The number of rotatable bonds is 4. The fraction of sp³-hybridized carbons (Fsp3) is 0. The first-order valence-corrected chi connectivity index (χ1v) is 23.8. The minimum Gasteiger partial charge on any atom is -0.458 e. The van der Waals surface area contributed by atoms with Gasteiger partial charge in [0.2, 0.25) is 0 Å². The third-order valence-corrected chi connectivity index (χ3v) is 15.2. The van der Waals surface area contributed by atoms with E-state index in [0.717, 1.165) is 90.7 Å². The lowest BCUT2D eigenvalue weighted by atomic mass is 9.28. The largest absolute Gasteiger partial charge is 0.458 e. The number of hydrogen-bond acceptors (Lipinski definition) is 6. The van der Waals surface area contributed by atoms with Crippen LogP contribution in [0.3, 0.4) is 0 Å². The van der Waals surface area contributed by atoms with Gasteiger partial charge in [-0.3, -0.25) is 0 Å². The molecule has 0 amide bonds. The summed E-state index contributed by atoms with van der Waals surface area (Å²) in [5.41, 5.74) is 20.5. The van der Waals surface area contributed by atoms with Crippen LogP contribution in [-0.4, -0.2) is 20.1 Å². The van der Waals surface area contributed by atoms with Crippen molar-refractivity contribution in [1.82, 2.24) is 0 Å². The van der Waals surface area contributed by atoms with Crippen LogP contribution in [-0.2, 0) is 0 Å². The normalized spacial score (nSPS) is 14.0. The second-order valence-electron chi connectivity index (χ2n) is 18.7. The lowest BCUT2D eigenvalue weighted by Gasteiger charge is -2.47. The summed E-state index contributed by atoms with van der Waals surface area (Å²) in [6.07, 6.45) is 0. The van der Waals surface area contributed by atoms with Crippen molar-refractivity contribution in [2.45, 2.75) is 0 Å². The summed E-state index contributed by atoms with van der Waals surface area (Å²) < 4.78 is 21.4. The van der Waals surface area contributed by atoms with E-state index in [1.165, 1.54) is 44.2 Å². The molecular formula is C60H36B3N3O3. The van der Waals surface area contributed by atoms with Gasteiger partial charge >= 0.3 is 0 Å². The first-order valence-electron chi connectivity index (χ1n) is 23.8. The summed E-state index contributed by atoms with van der Waals surface area (Å²) in [5.74, 6) is 5.08. The SMILES string of the molecule is c1ccc(N(c2ccccc2)c2cc3c4c(c2)N(c2ccccc2)c2cc5c(cc2B4c2ccccc2O3)B2c3ccccc3N3c4ccccc4B4c6ccccc6Oc6cc(c2c3c64)O5)cc1. The molecule has 16 rings (SSSR count). The predicted molar refractivity (Wildman–Crippen MR) is 284 cm³/mol. The molecule has 6 nitrogen and oxygen atoms in total. The second kappa shape index (κ2) is 13.9. The summed E-state index contributed by atoms with van der Waals surface area (Å²) in [6, 6.07) is 78.5. The molecule has 0 saturated heterocycles. The van der Waals surface area contributed by atoms with Gasteiger partial charge < -0.3 is 28.9 Å². The molecule has 10 aromatic carbocycles. The quantitative estimate of drug-likeness (QED) is 0.165. The molecule has 0 spiro atoms. The smallest absolute Gasteiger partial charge is 0.256 e. The molecule has 0 aromatic heterocycles. The average Bonchev–Trinajstić information content (AvgIpc) is 3.40. The highest BCUT2D eigenvalue weighted by molar-refractivity contribution is 7.04. The van der Waals surface area contributed by atoms with Crippen LogP contribution in [0.15, 0.2) is 218 Å². The van der Waals surface area contributed by atoms with E-state index in [1.54, 1.807) is 0 Å². The molecule has 0 bridgehead atoms. The van der Waals surface area contributed by atoms with Crippen molar-refractivity contribution in [1.29, 1.82) is 0 Å². The summed E-state index contributed by atoms with van der Waals surface area (Å²) in [4.78, 5) is 7.23. The van der Waals surface area contributed by atoms with Gasteiger partial charge in [0.25, 0.3) is 20.1 Å². The van der Waals surface area contributed by atoms with Gasteiger partial charge in [0.05, 0.1) is 5.69 Å². The van der Waals surface area contributed by atoms with E-state index >= 15 is 0 Å². The van der Waals surface area contributed by atoms with Crippen LogP contribution in [0.1, 0.15) is 0 Å². The highest BCUT2D eigenvalue weighted by atomic mass is 16.5. The molecule has 0 aliphatic carbocycles. The van der Waals surface area contributed by atoms with E-state index in [4.69, 9.17) is 14.2 Å². The Bertz CT molecular complexity index is 3790. The molecule has 0 fully saturated rings. The molecule has 10 aromatic rings. The molecule has 0 saturated carbocycles. The Morgan fingerprint density at radius 3 is 1.38 bits per heavy atom. The predicted octanol–water partition coefficient (Wildman–Crippen LogP) is 8.90. The minimum absolute atomic E-state index is 0.00577. The fourth-order valence-electron chi connectivity index (χ4n) is 12.5. The zero-order valence-electron chi connectivity index (χ0n) is 37.1. The highest BCUT2D eigenvalue weighted by Gasteiger charge is 2.52. The zero-order chi connectivity index (χ0) is 44.9. The monoisotopic (exact) mass is 879 g/mol. The van der Waals surface area contributed by atoms with Gasteiger partial charge in [0.1, 0.15) is 34.5 Å². The summed E-state index contributed by atoms with van der Waals surface area (Å²) in [5, 5.41) is 0. The van der Waals surface area contributed by atoms with Gasteiger partial charge in [-0.15, -0.1) is 0 Å². The van der Waals surface area contributed by atoms with E-state index in [0.29, 0.717) is 0 Å². The van der Waals surface area contributed by atoms with Gasteiger partial charge in [-0.1, -0.05) is 133 Å². The molecule has 0 atom stereocenters. The van der Waals surface area contributed by atoms with Gasteiger partial charge in [-0.25, -0.2) is 0 Å². The Balaban J connectivity index is 0.967. The van der Waals surface area contributed by atoms with Crippen LogP contribution < -0.4 is 78.1 Å².